The topological polar surface area (TPSA) is 98.3 Å². The lowest BCUT2D eigenvalue weighted by Crippen LogP contribution is -2.45. The van der Waals surface area contributed by atoms with Gasteiger partial charge in [-0.15, -0.1) is 24.0 Å². The second-order valence-corrected chi connectivity index (χ2v) is 8.48. The summed E-state index contributed by atoms with van der Waals surface area (Å²) in [6.45, 7) is 5.03. The van der Waals surface area contributed by atoms with Crippen molar-refractivity contribution in [3.05, 3.63) is 36.2 Å². The number of amides is 1. The van der Waals surface area contributed by atoms with Crippen LogP contribution in [-0.4, -0.2) is 57.6 Å². The highest BCUT2D eigenvalue weighted by Crippen LogP contribution is 2.26. The Labute approximate surface area is 207 Å². The molecular weight excluding hydrogens is 517 g/mol. The van der Waals surface area contributed by atoms with Gasteiger partial charge in [-0.05, 0) is 37.8 Å². The van der Waals surface area contributed by atoms with E-state index in [2.05, 4.69) is 49.8 Å². The van der Waals surface area contributed by atoms with Gasteiger partial charge < -0.3 is 15.5 Å². The second kappa shape index (κ2) is 12.2. The molecule has 1 amide bonds. The minimum atomic E-state index is 0. The summed E-state index contributed by atoms with van der Waals surface area (Å²) in [7, 11) is 0. The molecule has 4 rings (SSSR count). The number of aromatic nitrogens is 3. The van der Waals surface area contributed by atoms with Crippen LogP contribution in [0.4, 0.5) is 0 Å². The Morgan fingerprint density at radius 3 is 2.84 bits per heavy atom. The van der Waals surface area contributed by atoms with Gasteiger partial charge >= 0.3 is 0 Å². The lowest BCUT2D eigenvalue weighted by molar-refractivity contribution is -0.135. The number of halogens is 1. The van der Waals surface area contributed by atoms with E-state index in [0.717, 1.165) is 61.8 Å². The molecule has 174 valence electrons. The predicted octanol–water partition coefficient (Wildman–Crippen LogP) is 3.33. The van der Waals surface area contributed by atoms with Gasteiger partial charge in [0.2, 0.25) is 5.91 Å². The molecule has 9 heteroatoms. The molecule has 3 N–H and O–H groups in total. The SMILES string of the molecule is CCNC(=NCc1cccc(-c2ncn[nH]2)c1)NC1CCN(C(=O)C2CCCCC2)C1.I. The van der Waals surface area contributed by atoms with E-state index in [9.17, 15) is 4.79 Å². The van der Waals surface area contributed by atoms with Crippen molar-refractivity contribution in [3.63, 3.8) is 0 Å². The van der Waals surface area contributed by atoms with Gasteiger partial charge in [-0.25, -0.2) is 9.98 Å². The number of carbonyl (C=O) groups is 1. The van der Waals surface area contributed by atoms with Gasteiger partial charge in [-0.2, -0.15) is 5.10 Å². The zero-order valence-electron chi connectivity index (χ0n) is 18.7. The molecule has 1 saturated carbocycles. The molecular formula is C23H34IN7O. The number of guanidine groups is 1. The van der Waals surface area contributed by atoms with Gasteiger partial charge in [0, 0.05) is 37.2 Å². The van der Waals surface area contributed by atoms with Crippen LogP contribution < -0.4 is 10.6 Å². The number of hydrogen-bond donors (Lipinski definition) is 3. The first kappa shape index (κ1) is 24.5. The van der Waals surface area contributed by atoms with Crippen LogP contribution in [0.5, 0.6) is 0 Å². The molecule has 0 radical (unpaired) electrons. The van der Waals surface area contributed by atoms with Gasteiger partial charge in [-0.1, -0.05) is 37.5 Å². The third-order valence-corrected chi connectivity index (χ3v) is 6.17. The fourth-order valence-electron chi connectivity index (χ4n) is 4.53. The van der Waals surface area contributed by atoms with Crippen molar-refractivity contribution in [1.29, 1.82) is 0 Å². The number of likely N-dealkylation sites (tertiary alicyclic amines) is 1. The predicted molar refractivity (Wildman–Crippen MR) is 137 cm³/mol. The summed E-state index contributed by atoms with van der Waals surface area (Å²) < 4.78 is 0. The van der Waals surface area contributed by atoms with E-state index in [1.54, 1.807) is 0 Å². The smallest absolute Gasteiger partial charge is 0.225 e. The largest absolute Gasteiger partial charge is 0.357 e. The van der Waals surface area contributed by atoms with Crippen LogP contribution in [0.2, 0.25) is 0 Å². The van der Waals surface area contributed by atoms with Crippen LogP contribution in [-0.2, 0) is 11.3 Å². The van der Waals surface area contributed by atoms with Crippen LogP contribution in [0.3, 0.4) is 0 Å². The molecule has 0 bridgehead atoms. The van der Waals surface area contributed by atoms with E-state index in [1.807, 2.05) is 12.1 Å². The zero-order chi connectivity index (χ0) is 21.5. The van der Waals surface area contributed by atoms with Gasteiger partial charge in [0.25, 0.3) is 0 Å². The van der Waals surface area contributed by atoms with E-state index < -0.39 is 0 Å². The second-order valence-electron chi connectivity index (χ2n) is 8.48. The first-order valence-corrected chi connectivity index (χ1v) is 11.5. The molecule has 1 aliphatic carbocycles. The molecule has 1 aromatic heterocycles. The Balaban J connectivity index is 0.00000289. The summed E-state index contributed by atoms with van der Waals surface area (Å²) in [6, 6.07) is 8.40. The summed E-state index contributed by atoms with van der Waals surface area (Å²) in [5.74, 6) is 2.15. The molecule has 1 atom stereocenters. The van der Waals surface area contributed by atoms with Crippen LogP contribution >= 0.6 is 24.0 Å². The Morgan fingerprint density at radius 2 is 2.09 bits per heavy atom. The molecule has 2 aromatic rings. The number of nitrogens with zero attached hydrogens (tertiary/aromatic N) is 4. The van der Waals surface area contributed by atoms with Crippen molar-refractivity contribution >= 4 is 35.8 Å². The number of aliphatic imine (C=N–C) groups is 1. The standard InChI is InChI=1S/C23H33N7O.HI/c1-2-24-23(25-14-17-7-6-10-19(13-17)21-26-16-27-29-21)28-20-11-12-30(15-20)22(31)18-8-4-3-5-9-18;/h6-7,10,13,16,18,20H,2-5,8-9,11-12,14-15H2,1H3,(H2,24,25,28)(H,26,27,29);1H. The summed E-state index contributed by atoms with van der Waals surface area (Å²) in [6.07, 6.45) is 8.26. The van der Waals surface area contributed by atoms with E-state index in [-0.39, 0.29) is 35.9 Å². The van der Waals surface area contributed by atoms with Crippen molar-refractivity contribution in [1.82, 2.24) is 30.7 Å². The summed E-state index contributed by atoms with van der Waals surface area (Å²) in [4.78, 5) is 23.9. The molecule has 0 spiro atoms. The van der Waals surface area contributed by atoms with Crippen molar-refractivity contribution in [3.8, 4) is 11.4 Å². The van der Waals surface area contributed by atoms with Crippen LogP contribution in [0.15, 0.2) is 35.6 Å². The summed E-state index contributed by atoms with van der Waals surface area (Å²) >= 11 is 0. The number of aromatic amines is 1. The van der Waals surface area contributed by atoms with Crippen molar-refractivity contribution in [2.75, 3.05) is 19.6 Å². The highest BCUT2D eigenvalue weighted by molar-refractivity contribution is 14.0. The molecule has 1 aromatic carbocycles. The first-order valence-electron chi connectivity index (χ1n) is 11.5. The monoisotopic (exact) mass is 551 g/mol. The number of carbonyl (C=O) groups excluding carboxylic acids is 1. The van der Waals surface area contributed by atoms with Gasteiger partial charge in [0.1, 0.15) is 6.33 Å². The molecule has 2 aliphatic rings. The highest BCUT2D eigenvalue weighted by Gasteiger charge is 2.31. The number of nitrogens with one attached hydrogen (secondary N) is 3. The van der Waals surface area contributed by atoms with Gasteiger partial charge in [0.05, 0.1) is 6.54 Å². The molecule has 2 fully saturated rings. The van der Waals surface area contributed by atoms with Gasteiger partial charge in [0.15, 0.2) is 11.8 Å². The van der Waals surface area contributed by atoms with E-state index in [1.165, 1.54) is 25.6 Å². The lowest BCUT2D eigenvalue weighted by Gasteiger charge is -2.26. The van der Waals surface area contributed by atoms with Crippen LogP contribution in [0.25, 0.3) is 11.4 Å². The Morgan fingerprint density at radius 1 is 1.25 bits per heavy atom. The van der Waals surface area contributed by atoms with E-state index in [0.29, 0.717) is 12.5 Å². The molecule has 1 aliphatic heterocycles. The van der Waals surface area contributed by atoms with E-state index >= 15 is 0 Å². The fourth-order valence-corrected chi connectivity index (χ4v) is 4.53. The average Bonchev–Trinajstić information content (AvgIpc) is 3.51. The molecule has 1 saturated heterocycles. The molecule has 32 heavy (non-hydrogen) atoms. The maximum atomic E-state index is 12.8. The van der Waals surface area contributed by atoms with Gasteiger partial charge in [-0.3, -0.25) is 9.89 Å². The Kier molecular flexibility index (Phi) is 9.31. The summed E-state index contributed by atoms with van der Waals surface area (Å²) in [5, 5.41) is 13.7. The molecule has 2 heterocycles. The minimum absolute atomic E-state index is 0. The maximum Gasteiger partial charge on any atom is 0.225 e. The third kappa shape index (κ3) is 6.43. The highest BCUT2D eigenvalue weighted by atomic mass is 127. The molecule has 8 nitrogen and oxygen atoms in total. The summed E-state index contributed by atoms with van der Waals surface area (Å²) in [5.41, 5.74) is 2.10. The van der Waals surface area contributed by atoms with Crippen molar-refractivity contribution in [2.24, 2.45) is 10.9 Å². The Hall–Kier alpha value is -2.17. The first-order chi connectivity index (χ1) is 15.2. The number of benzene rings is 1. The zero-order valence-corrected chi connectivity index (χ0v) is 21.0. The van der Waals surface area contributed by atoms with Crippen molar-refractivity contribution < 1.29 is 4.79 Å². The maximum absolute atomic E-state index is 12.8. The number of rotatable bonds is 6. The normalized spacial score (nSPS) is 19.5. The minimum Gasteiger partial charge on any atom is -0.357 e. The van der Waals surface area contributed by atoms with Crippen LogP contribution in [0, 0.1) is 5.92 Å². The molecule has 1 unspecified atom stereocenters. The van der Waals surface area contributed by atoms with E-state index in [4.69, 9.17) is 4.99 Å². The number of hydrogen-bond acceptors (Lipinski definition) is 4. The quantitative estimate of drug-likeness (QED) is 0.291. The third-order valence-electron chi connectivity index (χ3n) is 6.17. The lowest BCUT2D eigenvalue weighted by atomic mass is 9.88. The number of H-pyrrole nitrogens is 1. The Bertz CT molecular complexity index is 880. The van der Waals surface area contributed by atoms with Crippen molar-refractivity contribution in [2.45, 2.75) is 58.0 Å². The van der Waals surface area contributed by atoms with Crippen LogP contribution in [0.1, 0.15) is 51.0 Å². The average molecular weight is 551 g/mol. The fraction of sp³-hybridized carbons (Fsp3) is 0.565.